The van der Waals surface area contributed by atoms with Crippen LogP contribution < -0.4 is 4.72 Å². The summed E-state index contributed by atoms with van der Waals surface area (Å²) in [4.78, 5) is -0.440. The van der Waals surface area contributed by atoms with Crippen molar-refractivity contribution >= 4 is 38.9 Å². The SMILES string of the molecule is O=S(=O)(Nc1cc(F)cc(C(F)(F)F)c1)c1cc(Cl)ccc1Cl. The van der Waals surface area contributed by atoms with E-state index >= 15 is 0 Å². The minimum absolute atomic E-state index is 0.0602. The number of hydrogen-bond acceptors (Lipinski definition) is 2. The molecule has 124 valence electrons. The molecule has 0 bridgehead atoms. The van der Waals surface area contributed by atoms with E-state index in [-0.39, 0.29) is 16.1 Å². The van der Waals surface area contributed by atoms with E-state index in [1.54, 1.807) is 0 Å². The predicted octanol–water partition coefficient (Wildman–Crippen LogP) is 4.95. The zero-order chi connectivity index (χ0) is 17.4. The summed E-state index contributed by atoms with van der Waals surface area (Å²) >= 11 is 11.4. The Morgan fingerprint density at radius 3 is 2.26 bits per heavy atom. The Bertz CT molecular complexity index is 854. The van der Waals surface area contributed by atoms with E-state index < -0.39 is 38.2 Å². The maximum atomic E-state index is 13.3. The maximum absolute atomic E-state index is 13.3. The van der Waals surface area contributed by atoms with Crippen molar-refractivity contribution in [2.45, 2.75) is 11.1 Å². The Hall–Kier alpha value is -1.51. The summed E-state index contributed by atoms with van der Waals surface area (Å²) < 4.78 is 77.4. The molecule has 2 aromatic rings. The average molecular weight is 388 g/mol. The number of benzene rings is 2. The van der Waals surface area contributed by atoms with E-state index in [0.29, 0.717) is 12.1 Å². The van der Waals surface area contributed by atoms with Gasteiger partial charge >= 0.3 is 6.18 Å². The van der Waals surface area contributed by atoms with Crippen LogP contribution in [-0.4, -0.2) is 8.42 Å². The van der Waals surface area contributed by atoms with Crippen molar-refractivity contribution in [1.29, 1.82) is 0 Å². The Balaban J connectivity index is 2.46. The highest BCUT2D eigenvalue weighted by atomic mass is 35.5. The lowest BCUT2D eigenvalue weighted by molar-refractivity contribution is -0.137. The molecule has 10 heteroatoms. The lowest BCUT2D eigenvalue weighted by Gasteiger charge is -2.12. The summed E-state index contributed by atoms with van der Waals surface area (Å²) in [6.45, 7) is 0. The predicted molar refractivity (Wildman–Crippen MR) is 78.7 cm³/mol. The molecule has 0 aromatic heterocycles. The van der Waals surface area contributed by atoms with E-state index in [1.807, 2.05) is 4.72 Å². The Kier molecular flexibility index (Phi) is 4.79. The number of alkyl halides is 3. The minimum atomic E-state index is -4.82. The van der Waals surface area contributed by atoms with Crippen LogP contribution in [0.15, 0.2) is 41.3 Å². The third-order valence-electron chi connectivity index (χ3n) is 2.66. The quantitative estimate of drug-likeness (QED) is 0.757. The maximum Gasteiger partial charge on any atom is 0.416 e. The largest absolute Gasteiger partial charge is 0.416 e. The minimum Gasteiger partial charge on any atom is -0.279 e. The van der Waals surface area contributed by atoms with Crippen molar-refractivity contribution in [2.75, 3.05) is 4.72 Å². The number of sulfonamides is 1. The van der Waals surface area contributed by atoms with Crippen molar-refractivity contribution < 1.29 is 26.0 Å². The molecule has 2 rings (SSSR count). The second kappa shape index (κ2) is 6.18. The molecule has 0 fully saturated rings. The highest BCUT2D eigenvalue weighted by Gasteiger charge is 2.32. The molecule has 0 unspecified atom stereocenters. The first-order valence-electron chi connectivity index (χ1n) is 5.85. The second-order valence-corrected chi connectivity index (χ2v) is 6.90. The molecule has 0 aliphatic heterocycles. The van der Waals surface area contributed by atoms with Crippen LogP contribution in [0.5, 0.6) is 0 Å². The third kappa shape index (κ3) is 4.27. The molecule has 0 radical (unpaired) electrons. The van der Waals surface area contributed by atoms with Crippen LogP contribution in [0.1, 0.15) is 5.56 Å². The smallest absolute Gasteiger partial charge is 0.279 e. The highest BCUT2D eigenvalue weighted by molar-refractivity contribution is 7.92. The number of halogens is 6. The summed E-state index contributed by atoms with van der Waals surface area (Å²) in [6.07, 6.45) is -4.82. The van der Waals surface area contributed by atoms with Crippen LogP contribution in [0.25, 0.3) is 0 Å². The fourth-order valence-corrected chi connectivity index (χ4v) is 3.51. The van der Waals surface area contributed by atoms with Crippen molar-refractivity contribution in [3.05, 3.63) is 57.8 Å². The van der Waals surface area contributed by atoms with Crippen LogP contribution in [0.3, 0.4) is 0 Å². The van der Waals surface area contributed by atoms with Crippen LogP contribution in [0.4, 0.5) is 23.2 Å². The normalized spacial score (nSPS) is 12.3. The number of hydrogen-bond donors (Lipinski definition) is 1. The van der Waals surface area contributed by atoms with E-state index in [9.17, 15) is 26.0 Å². The summed E-state index contributed by atoms with van der Waals surface area (Å²) in [7, 11) is -4.35. The molecule has 2 aromatic carbocycles. The molecule has 0 spiro atoms. The van der Waals surface area contributed by atoms with Gasteiger partial charge in [0.15, 0.2) is 0 Å². The van der Waals surface area contributed by atoms with Gasteiger partial charge in [-0.25, -0.2) is 12.8 Å². The first kappa shape index (κ1) is 17.8. The van der Waals surface area contributed by atoms with Crippen molar-refractivity contribution in [3.63, 3.8) is 0 Å². The summed E-state index contributed by atoms with van der Waals surface area (Å²) in [6, 6.07) is 4.92. The van der Waals surface area contributed by atoms with Gasteiger partial charge in [0, 0.05) is 5.02 Å². The zero-order valence-electron chi connectivity index (χ0n) is 11.0. The number of anilines is 1. The fraction of sp³-hybridized carbons (Fsp3) is 0.0769. The molecule has 0 aliphatic carbocycles. The van der Waals surface area contributed by atoms with E-state index in [1.165, 1.54) is 12.1 Å². The standard InChI is InChI=1S/C13H7Cl2F4NO2S/c14-8-1-2-11(15)12(5-8)23(21,22)20-10-4-7(13(17,18)19)3-9(16)6-10/h1-6,20H. The first-order valence-corrected chi connectivity index (χ1v) is 8.08. The van der Waals surface area contributed by atoms with Gasteiger partial charge in [-0.2, -0.15) is 13.2 Å². The topological polar surface area (TPSA) is 46.2 Å². The van der Waals surface area contributed by atoms with Gasteiger partial charge in [-0.05, 0) is 36.4 Å². The summed E-state index contributed by atoms with van der Waals surface area (Å²) in [5.41, 5.74) is -1.92. The first-order chi connectivity index (χ1) is 10.5. The van der Waals surface area contributed by atoms with Gasteiger partial charge in [-0.3, -0.25) is 4.72 Å². The summed E-state index contributed by atoms with van der Waals surface area (Å²) in [5.74, 6) is -1.24. The van der Waals surface area contributed by atoms with Crippen LogP contribution in [-0.2, 0) is 16.2 Å². The van der Waals surface area contributed by atoms with Crippen LogP contribution >= 0.6 is 23.2 Å². The molecule has 1 N–H and O–H groups in total. The van der Waals surface area contributed by atoms with Crippen molar-refractivity contribution in [3.8, 4) is 0 Å². The molecule has 23 heavy (non-hydrogen) atoms. The van der Waals surface area contributed by atoms with Gasteiger partial charge in [0.2, 0.25) is 0 Å². The van der Waals surface area contributed by atoms with Crippen LogP contribution in [0.2, 0.25) is 10.0 Å². The molecule has 0 amide bonds. The lowest BCUT2D eigenvalue weighted by Crippen LogP contribution is -2.15. The Morgan fingerprint density at radius 2 is 1.65 bits per heavy atom. The van der Waals surface area contributed by atoms with Gasteiger partial charge < -0.3 is 0 Å². The van der Waals surface area contributed by atoms with Gasteiger partial charge in [0.1, 0.15) is 10.7 Å². The van der Waals surface area contributed by atoms with E-state index in [0.717, 1.165) is 6.07 Å². The highest BCUT2D eigenvalue weighted by Crippen LogP contribution is 2.33. The second-order valence-electron chi connectivity index (χ2n) is 4.41. The Morgan fingerprint density at radius 1 is 1.00 bits per heavy atom. The summed E-state index contributed by atoms with van der Waals surface area (Å²) in [5, 5.41) is -0.126. The molecule has 0 atom stereocenters. The molecule has 0 heterocycles. The average Bonchev–Trinajstić information content (AvgIpc) is 2.39. The molecule has 0 saturated carbocycles. The van der Waals surface area contributed by atoms with Gasteiger partial charge in [-0.15, -0.1) is 0 Å². The monoisotopic (exact) mass is 387 g/mol. The van der Waals surface area contributed by atoms with E-state index in [2.05, 4.69) is 0 Å². The van der Waals surface area contributed by atoms with E-state index in [4.69, 9.17) is 23.2 Å². The van der Waals surface area contributed by atoms with Gasteiger partial charge in [-0.1, -0.05) is 23.2 Å². The lowest BCUT2D eigenvalue weighted by atomic mass is 10.2. The zero-order valence-corrected chi connectivity index (χ0v) is 13.3. The molecular formula is C13H7Cl2F4NO2S. The fourth-order valence-electron chi connectivity index (χ4n) is 1.71. The molecular weight excluding hydrogens is 381 g/mol. The number of nitrogens with one attached hydrogen (secondary N) is 1. The third-order valence-corrected chi connectivity index (χ3v) is 4.76. The Labute approximate surface area is 138 Å². The molecule has 3 nitrogen and oxygen atoms in total. The molecule has 0 aliphatic rings. The van der Waals surface area contributed by atoms with Gasteiger partial charge in [0.05, 0.1) is 16.3 Å². The van der Waals surface area contributed by atoms with Gasteiger partial charge in [0.25, 0.3) is 10.0 Å². The van der Waals surface area contributed by atoms with Crippen LogP contribution in [0, 0.1) is 5.82 Å². The number of rotatable bonds is 3. The van der Waals surface area contributed by atoms with Crippen molar-refractivity contribution in [1.82, 2.24) is 0 Å². The van der Waals surface area contributed by atoms with Crippen molar-refractivity contribution in [2.24, 2.45) is 0 Å². The molecule has 0 saturated heterocycles.